The van der Waals surface area contributed by atoms with Gasteiger partial charge in [0.05, 0.1) is 23.4 Å². The molecule has 32 heavy (non-hydrogen) atoms. The van der Waals surface area contributed by atoms with E-state index in [1.165, 1.54) is 30.6 Å². The number of nitrogens with zero attached hydrogens (tertiary/aromatic N) is 4. The first kappa shape index (κ1) is 21.2. The lowest BCUT2D eigenvalue weighted by atomic mass is 10.2. The number of hydrogen-bond acceptors (Lipinski definition) is 8. The van der Waals surface area contributed by atoms with Crippen molar-refractivity contribution in [2.45, 2.75) is 17.9 Å². The van der Waals surface area contributed by atoms with Crippen LogP contribution in [0.4, 0.5) is 11.5 Å². The van der Waals surface area contributed by atoms with E-state index in [0.717, 1.165) is 0 Å². The topological polar surface area (TPSA) is 142 Å². The maximum absolute atomic E-state index is 12.5. The van der Waals surface area contributed by atoms with Gasteiger partial charge in [-0.2, -0.15) is 0 Å². The van der Waals surface area contributed by atoms with E-state index in [1.807, 2.05) is 0 Å². The van der Waals surface area contributed by atoms with Crippen LogP contribution in [-0.2, 0) is 21.3 Å². The number of hydrogen-bond donors (Lipinski definition) is 2. The molecule has 10 nitrogen and oxygen atoms in total. The Labute approximate surface area is 184 Å². The number of anilines is 2. The number of ether oxygens (including phenoxy) is 1. The van der Waals surface area contributed by atoms with Gasteiger partial charge in [0.2, 0.25) is 0 Å². The highest BCUT2D eigenvalue weighted by Gasteiger charge is 2.16. The van der Waals surface area contributed by atoms with E-state index < -0.39 is 16.0 Å². The van der Waals surface area contributed by atoms with Crippen LogP contribution >= 0.6 is 0 Å². The maximum Gasteiger partial charge on any atom is 0.338 e. The second kappa shape index (κ2) is 9.02. The predicted octanol–water partition coefficient (Wildman–Crippen LogP) is 2.46. The molecule has 0 saturated heterocycles. The van der Waals surface area contributed by atoms with Gasteiger partial charge < -0.3 is 15.0 Å². The van der Waals surface area contributed by atoms with Gasteiger partial charge in [-0.05, 0) is 42.8 Å². The number of carbonyl (C=O) groups is 1. The number of imidazole rings is 1. The van der Waals surface area contributed by atoms with Gasteiger partial charge in [-0.1, -0.05) is 18.2 Å². The van der Waals surface area contributed by atoms with Crippen molar-refractivity contribution >= 4 is 38.7 Å². The van der Waals surface area contributed by atoms with E-state index in [0.29, 0.717) is 35.6 Å². The second-order valence-electron chi connectivity index (χ2n) is 6.85. The van der Waals surface area contributed by atoms with Crippen LogP contribution in [0.5, 0.6) is 0 Å². The first-order valence-electron chi connectivity index (χ1n) is 9.70. The Kier molecular flexibility index (Phi) is 5.99. The number of rotatable bonds is 8. The fourth-order valence-corrected chi connectivity index (χ4v) is 4.09. The number of aryl methyl sites for hydroxylation is 1. The molecule has 0 aliphatic carbocycles. The van der Waals surface area contributed by atoms with Gasteiger partial charge >= 0.3 is 5.97 Å². The number of aromatic nitrogens is 4. The summed E-state index contributed by atoms with van der Waals surface area (Å²) in [5.41, 5.74) is 7.63. The number of sulfonamides is 1. The zero-order valence-corrected chi connectivity index (χ0v) is 17.7. The molecule has 0 aliphatic heterocycles. The molecule has 11 heteroatoms. The summed E-state index contributed by atoms with van der Waals surface area (Å²) in [4.78, 5) is 24.6. The smallest absolute Gasteiger partial charge is 0.338 e. The molecule has 2 heterocycles. The number of fused-ring (bicyclic) bond motifs is 1. The molecule has 0 amide bonds. The summed E-state index contributed by atoms with van der Waals surface area (Å²) in [7, 11) is -3.75. The van der Waals surface area contributed by atoms with E-state index in [9.17, 15) is 13.2 Å². The molecular formula is C21H20N6O4S. The standard InChI is InChI=1S/C21H20N6O4S/c22-19-18-20(24-13-23-19)27(14-25-18)11-4-12-31-21(28)15-7-9-17(10-8-15)32(29,30)26-16-5-2-1-3-6-16/h1-3,5-10,13-14,26H,4,11-12H2,(H2,22,23,24). The van der Waals surface area contributed by atoms with Gasteiger partial charge in [0.25, 0.3) is 10.0 Å². The third kappa shape index (κ3) is 4.67. The number of carbonyl (C=O) groups excluding carboxylic acids is 1. The highest BCUT2D eigenvalue weighted by molar-refractivity contribution is 7.92. The average Bonchev–Trinajstić information content (AvgIpc) is 3.21. The molecule has 4 rings (SSSR count). The Morgan fingerprint density at radius 1 is 1.03 bits per heavy atom. The first-order valence-corrected chi connectivity index (χ1v) is 11.2. The van der Waals surface area contributed by atoms with E-state index in [2.05, 4.69) is 19.7 Å². The molecule has 2 aromatic heterocycles. The molecule has 4 aromatic rings. The van der Waals surface area contributed by atoms with Crippen molar-refractivity contribution in [3.05, 3.63) is 72.8 Å². The molecule has 0 bridgehead atoms. The number of benzene rings is 2. The zero-order chi connectivity index (χ0) is 22.6. The zero-order valence-electron chi connectivity index (χ0n) is 16.9. The maximum atomic E-state index is 12.5. The number of nitrogens with one attached hydrogen (secondary N) is 1. The lowest BCUT2D eigenvalue weighted by Crippen LogP contribution is -2.13. The van der Waals surface area contributed by atoms with E-state index in [4.69, 9.17) is 10.5 Å². The molecule has 0 fully saturated rings. The second-order valence-corrected chi connectivity index (χ2v) is 8.54. The van der Waals surface area contributed by atoms with Gasteiger partial charge in [-0.25, -0.2) is 28.2 Å². The molecule has 2 aromatic carbocycles. The number of para-hydroxylation sites is 1. The Balaban J connectivity index is 1.31. The van der Waals surface area contributed by atoms with Crippen LogP contribution in [0.15, 0.2) is 72.1 Å². The fraction of sp³-hybridized carbons (Fsp3) is 0.143. The third-order valence-electron chi connectivity index (χ3n) is 4.63. The van der Waals surface area contributed by atoms with Crippen molar-refractivity contribution < 1.29 is 17.9 Å². The molecule has 164 valence electrons. The molecule has 0 spiro atoms. The van der Waals surface area contributed by atoms with Crippen LogP contribution in [0, 0.1) is 0 Å². The summed E-state index contributed by atoms with van der Waals surface area (Å²) in [6.07, 6.45) is 3.52. The van der Waals surface area contributed by atoms with Gasteiger partial charge in [-0.15, -0.1) is 0 Å². The summed E-state index contributed by atoms with van der Waals surface area (Å²) >= 11 is 0. The van der Waals surface area contributed by atoms with Crippen LogP contribution in [0.25, 0.3) is 11.2 Å². The van der Waals surface area contributed by atoms with Crippen LogP contribution in [0.2, 0.25) is 0 Å². The largest absolute Gasteiger partial charge is 0.462 e. The van der Waals surface area contributed by atoms with Crippen molar-refractivity contribution in [1.29, 1.82) is 0 Å². The van der Waals surface area contributed by atoms with Gasteiger partial charge in [0.1, 0.15) is 11.8 Å². The molecule has 0 aliphatic rings. The van der Waals surface area contributed by atoms with Crippen molar-refractivity contribution in [2.75, 3.05) is 17.1 Å². The SMILES string of the molecule is Nc1ncnc2c1ncn2CCCOC(=O)c1ccc(S(=O)(=O)Nc2ccccc2)cc1. The molecule has 0 unspecified atom stereocenters. The van der Waals surface area contributed by atoms with Crippen LogP contribution in [0.1, 0.15) is 16.8 Å². The number of nitrogens with two attached hydrogens (primary N) is 1. The van der Waals surface area contributed by atoms with Gasteiger partial charge in [-0.3, -0.25) is 4.72 Å². The average molecular weight is 452 g/mol. The Morgan fingerprint density at radius 3 is 2.53 bits per heavy atom. The minimum Gasteiger partial charge on any atom is -0.462 e. The predicted molar refractivity (Wildman–Crippen MR) is 118 cm³/mol. The monoisotopic (exact) mass is 452 g/mol. The summed E-state index contributed by atoms with van der Waals surface area (Å²) < 4.78 is 34.5. The Bertz CT molecular complexity index is 1340. The van der Waals surface area contributed by atoms with E-state index in [1.54, 1.807) is 41.2 Å². The summed E-state index contributed by atoms with van der Waals surface area (Å²) in [6, 6.07) is 14.1. The summed E-state index contributed by atoms with van der Waals surface area (Å²) in [5.74, 6) is -0.225. The third-order valence-corrected chi connectivity index (χ3v) is 6.03. The minimum atomic E-state index is -3.75. The first-order chi connectivity index (χ1) is 15.4. The Morgan fingerprint density at radius 2 is 1.78 bits per heavy atom. The highest BCUT2D eigenvalue weighted by Crippen LogP contribution is 2.17. The number of nitrogen functional groups attached to an aromatic ring is 1. The fourth-order valence-electron chi connectivity index (χ4n) is 3.04. The highest BCUT2D eigenvalue weighted by atomic mass is 32.2. The van der Waals surface area contributed by atoms with Crippen molar-refractivity contribution in [3.8, 4) is 0 Å². The molecule has 0 radical (unpaired) electrons. The van der Waals surface area contributed by atoms with E-state index >= 15 is 0 Å². The van der Waals surface area contributed by atoms with Gasteiger partial charge in [0, 0.05) is 12.2 Å². The minimum absolute atomic E-state index is 0.0474. The lowest BCUT2D eigenvalue weighted by molar-refractivity contribution is 0.0496. The van der Waals surface area contributed by atoms with Crippen LogP contribution in [0.3, 0.4) is 0 Å². The quantitative estimate of drug-likeness (QED) is 0.307. The van der Waals surface area contributed by atoms with Crippen molar-refractivity contribution in [3.63, 3.8) is 0 Å². The Hall–Kier alpha value is -3.99. The van der Waals surface area contributed by atoms with Gasteiger partial charge in [0.15, 0.2) is 11.5 Å². The summed E-state index contributed by atoms with van der Waals surface area (Å²) in [6.45, 7) is 0.706. The number of esters is 1. The normalized spacial score (nSPS) is 11.4. The molecular weight excluding hydrogens is 432 g/mol. The summed E-state index contributed by atoms with van der Waals surface area (Å²) in [5, 5.41) is 0. The molecule has 0 atom stereocenters. The van der Waals surface area contributed by atoms with E-state index in [-0.39, 0.29) is 17.1 Å². The van der Waals surface area contributed by atoms with Crippen LogP contribution < -0.4 is 10.5 Å². The van der Waals surface area contributed by atoms with Crippen molar-refractivity contribution in [2.24, 2.45) is 0 Å². The van der Waals surface area contributed by atoms with Crippen molar-refractivity contribution in [1.82, 2.24) is 19.5 Å². The molecule has 0 saturated carbocycles. The van der Waals surface area contributed by atoms with Crippen LogP contribution in [-0.4, -0.2) is 40.5 Å². The lowest BCUT2D eigenvalue weighted by Gasteiger charge is -2.09. The molecule has 3 N–H and O–H groups in total.